The van der Waals surface area contributed by atoms with E-state index in [1.54, 1.807) is 0 Å². The normalized spacial score (nSPS) is 12.3. The average Bonchev–Trinajstić information content (AvgIpc) is 2.45. The first-order chi connectivity index (χ1) is 9.76. The van der Waals surface area contributed by atoms with Gasteiger partial charge in [-0.3, -0.25) is 0 Å². The number of rotatable bonds is 11. The lowest BCUT2D eigenvalue weighted by atomic mass is 10.1. The van der Waals surface area contributed by atoms with E-state index < -0.39 is 0 Å². The van der Waals surface area contributed by atoms with Crippen LogP contribution in [0.1, 0.15) is 39.2 Å². The molecule has 0 fully saturated rings. The quantitative estimate of drug-likeness (QED) is 0.627. The molecule has 1 unspecified atom stereocenters. The van der Waals surface area contributed by atoms with Crippen molar-refractivity contribution in [3.8, 4) is 5.75 Å². The topological polar surface area (TPSA) is 30.5 Å². The van der Waals surface area contributed by atoms with Gasteiger partial charge >= 0.3 is 0 Å². The van der Waals surface area contributed by atoms with E-state index in [0.29, 0.717) is 19.1 Å². The zero-order valence-electron chi connectivity index (χ0n) is 13.2. The molecule has 0 aliphatic heterocycles. The molecule has 0 aliphatic carbocycles. The first kappa shape index (κ1) is 17.0. The third kappa shape index (κ3) is 7.51. The van der Waals surface area contributed by atoms with Gasteiger partial charge in [0.15, 0.2) is 0 Å². The maximum atomic E-state index is 5.72. The highest BCUT2D eigenvalue weighted by Crippen LogP contribution is 2.13. The molecule has 0 radical (unpaired) electrons. The average molecular weight is 279 g/mol. The molecule has 1 aromatic carbocycles. The maximum absolute atomic E-state index is 5.72. The van der Waals surface area contributed by atoms with Crippen molar-refractivity contribution in [1.82, 2.24) is 5.32 Å². The lowest BCUT2D eigenvalue weighted by molar-refractivity contribution is 0.0758. The molecule has 0 saturated heterocycles. The molecule has 0 aliphatic rings. The number of nitrogens with one attached hydrogen (secondary N) is 1. The molecule has 0 amide bonds. The smallest absolute Gasteiger partial charge is 0.119 e. The van der Waals surface area contributed by atoms with Gasteiger partial charge in [-0.25, -0.2) is 0 Å². The van der Waals surface area contributed by atoms with Crippen molar-refractivity contribution >= 4 is 0 Å². The fraction of sp³-hybridized carbons (Fsp3) is 0.647. The van der Waals surface area contributed by atoms with Crippen LogP contribution in [-0.2, 0) is 11.3 Å². The highest BCUT2D eigenvalue weighted by molar-refractivity contribution is 5.28. The van der Waals surface area contributed by atoms with Crippen molar-refractivity contribution in [2.45, 2.75) is 40.2 Å². The van der Waals surface area contributed by atoms with E-state index in [2.05, 4.69) is 38.2 Å². The van der Waals surface area contributed by atoms with Gasteiger partial charge in [0.2, 0.25) is 0 Å². The summed E-state index contributed by atoms with van der Waals surface area (Å²) in [6.07, 6.45) is 2.45. The molecule has 0 aromatic heterocycles. The van der Waals surface area contributed by atoms with E-state index in [0.717, 1.165) is 25.4 Å². The third-order valence-corrected chi connectivity index (χ3v) is 3.16. The molecule has 1 N–H and O–H groups in total. The molecule has 0 bridgehead atoms. The summed E-state index contributed by atoms with van der Waals surface area (Å²) in [5, 5.41) is 3.31. The minimum atomic E-state index is 0.615. The standard InChI is InChI=1S/C17H29NO2/c1-4-7-15(3)14-19-10-11-20-17-9-6-8-16(12-17)13-18-5-2/h6,8-9,12,15,18H,4-5,7,10-11,13-14H2,1-3H3. The fourth-order valence-electron chi connectivity index (χ4n) is 2.09. The van der Waals surface area contributed by atoms with Gasteiger partial charge < -0.3 is 14.8 Å². The molecule has 114 valence electrons. The van der Waals surface area contributed by atoms with Crippen LogP contribution >= 0.6 is 0 Å². The summed E-state index contributed by atoms with van der Waals surface area (Å²) in [6.45, 7) is 10.5. The summed E-state index contributed by atoms with van der Waals surface area (Å²) in [4.78, 5) is 0. The summed E-state index contributed by atoms with van der Waals surface area (Å²) in [6, 6.07) is 8.22. The van der Waals surface area contributed by atoms with Gasteiger partial charge in [-0.2, -0.15) is 0 Å². The lowest BCUT2D eigenvalue weighted by Gasteiger charge is -2.12. The maximum Gasteiger partial charge on any atom is 0.119 e. The number of ether oxygens (including phenoxy) is 2. The molecule has 3 heteroatoms. The van der Waals surface area contributed by atoms with Gasteiger partial charge in [0.1, 0.15) is 12.4 Å². The number of hydrogen-bond donors (Lipinski definition) is 1. The SMILES string of the molecule is CCCC(C)COCCOc1cccc(CNCC)c1. The van der Waals surface area contributed by atoms with Gasteiger partial charge in [-0.05, 0) is 36.6 Å². The van der Waals surface area contributed by atoms with Gasteiger partial charge in [0.05, 0.1) is 6.61 Å². The van der Waals surface area contributed by atoms with Crippen molar-refractivity contribution in [3.63, 3.8) is 0 Å². The van der Waals surface area contributed by atoms with Crippen molar-refractivity contribution in [2.75, 3.05) is 26.4 Å². The number of hydrogen-bond acceptors (Lipinski definition) is 3. The Balaban J connectivity index is 2.18. The van der Waals surface area contributed by atoms with Crippen LogP contribution in [0.3, 0.4) is 0 Å². The Kier molecular flexibility index (Phi) is 9.09. The Labute approximate surface area is 123 Å². The molecule has 3 nitrogen and oxygen atoms in total. The number of benzene rings is 1. The highest BCUT2D eigenvalue weighted by Gasteiger charge is 2.01. The fourth-order valence-corrected chi connectivity index (χ4v) is 2.09. The Morgan fingerprint density at radius 1 is 1.20 bits per heavy atom. The second-order valence-corrected chi connectivity index (χ2v) is 5.24. The van der Waals surface area contributed by atoms with Crippen LogP contribution in [0.25, 0.3) is 0 Å². The summed E-state index contributed by atoms with van der Waals surface area (Å²) in [5.74, 6) is 1.56. The van der Waals surface area contributed by atoms with E-state index in [1.807, 2.05) is 12.1 Å². The second-order valence-electron chi connectivity index (χ2n) is 5.24. The van der Waals surface area contributed by atoms with Crippen LogP contribution < -0.4 is 10.1 Å². The Hall–Kier alpha value is -1.06. The molecule has 0 saturated carbocycles. The van der Waals surface area contributed by atoms with Crippen LogP contribution in [0, 0.1) is 5.92 Å². The van der Waals surface area contributed by atoms with Crippen LogP contribution in [0.4, 0.5) is 0 Å². The van der Waals surface area contributed by atoms with Gasteiger partial charge in [0, 0.05) is 13.2 Å². The van der Waals surface area contributed by atoms with Crippen LogP contribution in [0.5, 0.6) is 5.75 Å². The minimum Gasteiger partial charge on any atom is -0.491 e. The molecular weight excluding hydrogens is 250 g/mol. The van der Waals surface area contributed by atoms with E-state index in [4.69, 9.17) is 9.47 Å². The predicted molar refractivity (Wildman–Crippen MR) is 84.2 cm³/mol. The molecule has 20 heavy (non-hydrogen) atoms. The molecule has 0 spiro atoms. The van der Waals surface area contributed by atoms with E-state index in [9.17, 15) is 0 Å². The molecule has 1 atom stereocenters. The summed E-state index contributed by atoms with van der Waals surface area (Å²) in [7, 11) is 0. The largest absolute Gasteiger partial charge is 0.491 e. The monoisotopic (exact) mass is 279 g/mol. The third-order valence-electron chi connectivity index (χ3n) is 3.16. The Bertz CT molecular complexity index is 355. The molecule has 1 rings (SSSR count). The van der Waals surface area contributed by atoms with Crippen molar-refractivity contribution < 1.29 is 9.47 Å². The molecule has 1 aromatic rings. The Morgan fingerprint density at radius 3 is 2.80 bits per heavy atom. The summed E-state index contributed by atoms with van der Waals surface area (Å²) >= 11 is 0. The minimum absolute atomic E-state index is 0.615. The van der Waals surface area contributed by atoms with E-state index >= 15 is 0 Å². The van der Waals surface area contributed by atoms with Crippen LogP contribution in [0.15, 0.2) is 24.3 Å². The van der Waals surface area contributed by atoms with E-state index in [-0.39, 0.29) is 0 Å². The second kappa shape index (κ2) is 10.7. The van der Waals surface area contributed by atoms with Gasteiger partial charge in [-0.1, -0.05) is 39.3 Å². The molecular formula is C17H29NO2. The van der Waals surface area contributed by atoms with Crippen molar-refractivity contribution in [2.24, 2.45) is 5.92 Å². The van der Waals surface area contributed by atoms with Crippen molar-refractivity contribution in [3.05, 3.63) is 29.8 Å². The lowest BCUT2D eigenvalue weighted by Crippen LogP contribution is -2.13. The summed E-state index contributed by atoms with van der Waals surface area (Å²) in [5.41, 5.74) is 1.25. The van der Waals surface area contributed by atoms with Gasteiger partial charge in [0.25, 0.3) is 0 Å². The van der Waals surface area contributed by atoms with Crippen LogP contribution in [-0.4, -0.2) is 26.4 Å². The highest BCUT2D eigenvalue weighted by atomic mass is 16.5. The van der Waals surface area contributed by atoms with Crippen molar-refractivity contribution in [1.29, 1.82) is 0 Å². The van der Waals surface area contributed by atoms with Crippen LogP contribution in [0.2, 0.25) is 0 Å². The first-order valence-corrected chi connectivity index (χ1v) is 7.76. The zero-order chi connectivity index (χ0) is 14.6. The zero-order valence-corrected chi connectivity index (χ0v) is 13.2. The molecule has 0 heterocycles. The van der Waals surface area contributed by atoms with E-state index in [1.165, 1.54) is 18.4 Å². The summed E-state index contributed by atoms with van der Waals surface area (Å²) < 4.78 is 11.3. The predicted octanol–water partition coefficient (Wildman–Crippen LogP) is 3.63. The van der Waals surface area contributed by atoms with Gasteiger partial charge in [-0.15, -0.1) is 0 Å². The Morgan fingerprint density at radius 2 is 2.05 bits per heavy atom. The first-order valence-electron chi connectivity index (χ1n) is 7.76.